The molecule has 0 spiro atoms. The van der Waals surface area contributed by atoms with E-state index in [1.807, 2.05) is 0 Å². The van der Waals surface area contributed by atoms with Crippen LogP contribution in [0.25, 0.3) is 0 Å². The predicted octanol–water partition coefficient (Wildman–Crippen LogP) is 1.20. The molecule has 21 heavy (non-hydrogen) atoms. The highest BCUT2D eigenvalue weighted by molar-refractivity contribution is 6.54. The van der Waals surface area contributed by atoms with E-state index >= 15 is 0 Å². The number of carbonyl (C=O) groups excluding carboxylic acids is 1. The maximum Gasteiger partial charge on any atom is 0.264 e. The van der Waals surface area contributed by atoms with Crippen molar-refractivity contribution in [2.45, 2.75) is 5.38 Å². The highest BCUT2D eigenvalue weighted by Crippen LogP contribution is 2.26. The van der Waals surface area contributed by atoms with Gasteiger partial charge in [-0.2, -0.15) is 15.3 Å². The summed E-state index contributed by atoms with van der Waals surface area (Å²) >= 11 is 5.86. The number of amides is 1. The lowest BCUT2D eigenvalue weighted by molar-refractivity contribution is -0.119. The molecule has 1 aromatic carbocycles. The summed E-state index contributed by atoms with van der Waals surface area (Å²) in [5.41, 5.74) is 3.27. The van der Waals surface area contributed by atoms with Gasteiger partial charge in [0.1, 0.15) is 5.71 Å². The van der Waals surface area contributed by atoms with Crippen molar-refractivity contribution >= 4 is 35.6 Å². The fourth-order valence-electron chi connectivity index (χ4n) is 1.59. The van der Waals surface area contributed by atoms with Gasteiger partial charge in [-0.05, 0) is 23.8 Å². The van der Waals surface area contributed by atoms with E-state index in [9.17, 15) is 4.79 Å². The molecule has 0 aliphatic carbocycles. The first-order chi connectivity index (χ1) is 10.2. The molecule has 1 aromatic rings. The minimum absolute atomic E-state index is 0.275. The Morgan fingerprint density at radius 1 is 1.33 bits per heavy atom. The van der Waals surface area contributed by atoms with Gasteiger partial charge in [0.25, 0.3) is 5.91 Å². The van der Waals surface area contributed by atoms with Crippen LogP contribution >= 0.6 is 11.6 Å². The van der Waals surface area contributed by atoms with E-state index in [1.165, 1.54) is 12.4 Å². The molecule has 1 aliphatic heterocycles. The molecule has 1 aliphatic rings. The minimum Gasteiger partial charge on any atom is -0.493 e. The number of nitrogens with zero attached hydrogens (tertiary/aromatic N) is 3. The standard InChI is InChI=1S/C13H13ClN4O3/c1-20-10-4-3-8(5-11(10)21-2)6-15-17-9-7-16-18-13(19)12(9)14/h3-7,12H,1-2H3,(H,18,19)/b15-6-,17-9-. The van der Waals surface area contributed by atoms with Gasteiger partial charge in [0, 0.05) is 0 Å². The number of hydrogen-bond acceptors (Lipinski definition) is 6. The summed E-state index contributed by atoms with van der Waals surface area (Å²) in [5, 5.41) is 10.5. The van der Waals surface area contributed by atoms with Gasteiger partial charge in [0.2, 0.25) is 0 Å². The number of hydrazone groups is 1. The monoisotopic (exact) mass is 308 g/mol. The van der Waals surface area contributed by atoms with Gasteiger partial charge in [-0.1, -0.05) is 0 Å². The zero-order valence-corrected chi connectivity index (χ0v) is 12.2. The number of rotatable bonds is 4. The second kappa shape index (κ2) is 6.85. The molecule has 0 radical (unpaired) electrons. The minimum atomic E-state index is -0.898. The molecular formula is C13H13ClN4O3. The SMILES string of the molecule is COc1ccc(/C=N\N=C2\C=NNC(=O)C2Cl)cc1OC. The first-order valence-electron chi connectivity index (χ1n) is 5.95. The van der Waals surface area contributed by atoms with Crippen LogP contribution in [0.5, 0.6) is 11.5 Å². The van der Waals surface area contributed by atoms with Crippen molar-refractivity contribution < 1.29 is 14.3 Å². The van der Waals surface area contributed by atoms with Gasteiger partial charge in [-0.15, -0.1) is 11.6 Å². The lowest BCUT2D eigenvalue weighted by Gasteiger charge is -2.10. The first kappa shape index (κ1) is 15.0. The van der Waals surface area contributed by atoms with Crippen molar-refractivity contribution in [1.82, 2.24) is 5.43 Å². The molecular weight excluding hydrogens is 296 g/mol. The van der Waals surface area contributed by atoms with E-state index in [0.717, 1.165) is 5.56 Å². The van der Waals surface area contributed by atoms with Crippen LogP contribution in [0.3, 0.4) is 0 Å². The number of nitrogens with one attached hydrogen (secondary N) is 1. The Balaban J connectivity index is 2.16. The number of carbonyl (C=O) groups is 1. The molecule has 1 unspecified atom stereocenters. The van der Waals surface area contributed by atoms with Gasteiger partial charge in [0.15, 0.2) is 16.9 Å². The average Bonchev–Trinajstić information content (AvgIpc) is 2.51. The molecule has 1 heterocycles. The maximum atomic E-state index is 11.3. The van der Waals surface area contributed by atoms with E-state index in [0.29, 0.717) is 11.5 Å². The van der Waals surface area contributed by atoms with Crippen LogP contribution in [-0.2, 0) is 4.79 Å². The summed E-state index contributed by atoms with van der Waals surface area (Å²) in [6, 6.07) is 5.31. The van der Waals surface area contributed by atoms with Gasteiger partial charge in [-0.3, -0.25) is 4.79 Å². The Labute approximate surface area is 126 Å². The lowest BCUT2D eigenvalue weighted by atomic mass is 10.2. The van der Waals surface area contributed by atoms with Crippen molar-refractivity contribution in [1.29, 1.82) is 0 Å². The van der Waals surface area contributed by atoms with Crippen LogP contribution in [0.2, 0.25) is 0 Å². The summed E-state index contributed by atoms with van der Waals surface area (Å²) in [7, 11) is 3.11. The summed E-state index contributed by atoms with van der Waals surface area (Å²) in [4.78, 5) is 11.3. The van der Waals surface area contributed by atoms with E-state index in [1.54, 1.807) is 32.4 Å². The van der Waals surface area contributed by atoms with E-state index in [-0.39, 0.29) is 5.71 Å². The molecule has 110 valence electrons. The van der Waals surface area contributed by atoms with E-state index < -0.39 is 11.3 Å². The second-order valence-corrected chi connectivity index (χ2v) is 4.42. The fourth-order valence-corrected chi connectivity index (χ4v) is 1.74. The Morgan fingerprint density at radius 3 is 2.81 bits per heavy atom. The fraction of sp³-hybridized carbons (Fsp3) is 0.231. The molecule has 1 N–H and O–H groups in total. The average molecular weight is 309 g/mol. The molecule has 0 aromatic heterocycles. The Bertz CT molecular complexity index is 628. The lowest BCUT2D eigenvalue weighted by Crippen LogP contribution is -2.38. The number of methoxy groups -OCH3 is 2. The van der Waals surface area contributed by atoms with Crippen LogP contribution in [-0.4, -0.2) is 43.6 Å². The van der Waals surface area contributed by atoms with Crippen molar-refractivity contribution in [2.24, 2.45) is 15.3 Å². The van der Waals surface area contributed by atoms with Gasteiger partial charge in [-0.25, -0.2) is 5.43 Å². The van der Waals surface area contributed by atoms with Crippen LogP contribution in [0.1, 0.15) is 5.56 Å². The highest BCUT2D eigenvalue weighted by Gasteiger charge is 2.23. The number of halogens is 1. The third-order valence-corrected chi connectivity index (χ3v) is 3.07. The molecule has 2 rings (SSSR count). The quantitative estimate of drug-likeness (QED) is 0.515. The van der Waals surface area contributed by atoms with Crippen molar-refractivity contribution in [2.75, 3.05) is 14.2 Å². The largest absolute Gasteiger partial charge is 0.493 e. The summed E-state index contributed by atoms with van der Waals surface area (Å²) < 4.78 is 10.3. The molecule has 1 atom stereocenters. The smallest absolute Gasteiger partial charge is 0.264 e. The van der Waals surface area contributed by atoms with Crippen molar-refractivity contribution in [3.8, 4) is 11.5 Å². The molecule has 0 saturated carbocycles. The number of ether oxygens (including phenoxy) is 2. The Morgan fingerprint density at radius 2 is 2.10 bits per heavy atom. The Kier molecular flexibility index (Phi) is 4.89. The number of alkyl halides is 1. The molecule has 8 heteroatoms. The highest BCUT2D eigenvalue weighted by atomic mass is 35.5. The van der Waals surface area contributed by atoms with Gasteiger partial charge in [0.05, 0.1) is 26.6 Å². The summed E-state index contributed by atoms with van der Waals surface area (Å²) in [6.45, 7) is 0. The van der Waals surface area contributed by atoms with Gasteiger partial charge >= 0.3 is 0 Å². The second-order valence-electron chi connectivity index (χ2n) is 3.98. The van der Waals surface area contributed by atoms with E-state index in [4.69, 9.17) is 21.1 Å². The topological polar surface area (TPSA) is 84.6 Å². The zero-order chi connectivity index (χ0) is 15.2. The third-order valence-electron chi connectivity index (χ3n) is 2.65. The van der Waals surface area contributed by atoms with Crippen LogP contribution in [0.4, 0.5) is 0 Å². The predicted molar refractivity (Wildman–Crippen MR) is 80.9 cm³/mol. The van der Waals surface area contributed by atoms with E-state index in [2.05, 4.69) is 20.7 Å². The molecule has 0 saturated heterocycles. The van der Waals surface area contributed by atoms with Crippen LogP contribution < -0.4 is 14.9 Å². The molecule has 0 bridgehead atoms. The molecule has 1 amide bonds. The molecule has 7 nitrogen and oxygen atoms in total. The first-order valence-corrected chi connectivity index (χ1v) is 6.39. The summed E-state index contributed by atoms with van der Waals surface area (Å²) in [5.74, 6) is 0.778. The van der Waals surface area contributed by atoms with Crippen LogP contribution in [0, 0.1) is 0 Å². The number of benzene rings is 1. The Hall–Kier alpha value is -2.41. The van der Waals surface area contributed by atoms with Crippen molar-refractivity contribution in [3.63, 3.8) is 0 Å². The third kappa shape index (κ3) is 3.57. The normalized spacial score (nSPS) is 19.9. The maximum absolute atomic E-state index is 11.3. The molecule has 0 fully saturated rings. The van der Waals surface area contributed by atoms with Crippen molar-refractivity contribution in [3.05, 3.63) is 23.8 Å². The van der Waals surface area contributed by atoms with Crippen LogP contribution in [0.15, 0.2) is 33.5 Å². The number of hydrogen-bond donors (Lipinski definition) is 1. The summed E-state index contributed by atoms with van der Waals surface area (Å²) in [6.07, 6.45) is 2.87. The van der Waals surface area contributed by atoms with Gasteiger partial charge < -0.3 is 9.47 Å². The zero-order valence-electron chi connectivity index (χ0n) is 11.4.